The van der Waals surface area contributed by atoms with Crippen LogP contribution in [0.3, 0.4) is 0 Å². The Hall–Kier alpha value is -4.40. The Balaban J connectivity index is 1.71. The Kier molecular flexibility index (Phi) is 9.37. The standard InChI is InChI=1S/C31H35N5O4/c1-5-6-9-27(37)36(28(20(2)3)31(38)39)18-21-10-12-22(13-11-21)26-17-23(24-8-7-16-32-30(24)40-4)14-15-25(26)29-33-19-34-35-29/h7-8,10-17,20,28H,5-6,9,18-19H2,1-4H3,(H,38,39)/t28-/m0/s1. The summed E-state index contributed by atoms with van der Waals surface area (Å²) in [6.07, 6.45) is 3.61. The minimum absolute atomic E-state index is 0.142. The van der Waals surface area contributed by atoms with E-state index in [4.69, 9.17) is 4.74 Å². The number of unbranched alkanes of at least 4 members (excludes halogenated alkanes) is 1. The second kappa shape index (κ2) is 13.1. The van der Waals surface area contributed by atoms with E-state index in [9.17, 15) is 14.7 Å². The molecule has 0 aliphatic carbocycles. The molecule has 9 heteroatoms. The second-order valence-electron chi connectivity index (χ2n) is 10.0. The van der Waals surface area contributed by atoms with Crippen molar-refractivity contribution in [3.8, 4) is 28.1 Å². The summed E-state index contributed by atoms with van der Waals surface area (Å²) >= 11 is 0. The number of nitrogens with zero attached hydrogens (tertiary/aromatic N) is 5. The molecule has 0 radical (unpaired) electrons. The Labute approximate surface area is 234 Å². The van der Waals surface area contributed by atoms with Gasteiger partial charge in [-0.25, -0.2) is 14.8 Å². The first-order valence-corrected chi connectivity index (χ1v) is 13.5. The predicted molar refractivity (Wildman–Crippen MR) is 154 cm³/mol. The monoisotopic (exact) mass is 541 g/mol. The highest BCUT2D eigenvalue weighted by Gasteiger charge is 2.32. The van der Waals surface area contributed by atoms with E-state index < -0.39 is 12.0 Å². The average molecular weight is 542 g/mol. The Morgan fingerprint density at radius 3 is 2.40 bits per heavy atom. The number of aromatic nitrogens is 1. The molecule has 0 unspecified atom stereocenters. The molecule has 1 amide bonds. The third-order valence-electron chi connectivity index (χ3n) is 6.89. The molecular weight excluding hydrogens is 506 g/mol. The lowest BCUT2D eigenvalue weighted by atomic mass is 9.93. The topological polar surface area (TPSA) is 117 Å². The molecule has 1 aliphatic rings. The van der Waals surface area contributed by atoms with Crippen molar-refractivity contribution in [3.05, 3.63) is 71.9 Å². The molecule has 1 atom stereocenters. The lowest BCUT2D eigenvalue weighted by Gasteiger charge is -2.32. The minimum Gasteiger partial charge on any atom is -0.481 e. The molecular formula is C31H35N5O4. The first-order valence-electron chi connectivity index (χ1n) is 13.5. The fourth-order valence-electron chi connectivity index (χ4n) is 4.86. The van der Waals surface area contributed by atoms with Crippen LogP contribution >= 0.6 is 0 Å². The number of ether oxygens (including phenoxy) is 1. The molecule has 40 heavy (non-hydrogen) atoms. The van der Waals surface area contributed by atoms with Gasteiger partial charge in [0.2, 0.25) is 11.8 Å². The van der Waals surface area contributed by atoms with Crippen molar-refractivity contribution in [3.63, 3.8) is 0 Å². The van der Waals surface area contributed by atoms with Crippen molar-refractivity contribution in [2.45, 2.75) is 52.6 Å². The number of hydrogen-bond acceptors (Lipinski definition) is 7. The van der Waals surface area contributed by atoms with Crippen LogP contribution in [0.15, 0.2) is 76.0 Å². The van der Waals surface area contributed by atoms with Gasteiger partial charge in [0.05, 0.1) is 7.11 Å². The van der Waals surface area contributed by atoms with Crippen molar-refractivity contribution in [2.75, 3.05) is 13.8 Å². The average Bonchev–Trinajstić information content (AvgIpc) is 3.50. The summed E-state index contributed by atoms with van der Waals surface area (Å²) in [4.78, 5) is 35.5. The van der Waals surface area contributed by atoms with Gasteiger partial charge in [0.15, 0.2) is 12.5 Å². The largest absolute Gasteiger partial charge is 0.481 e. The lowest BCUT2D eigenvalue weighted by Crippen LogP contribution is -2.47. The Morgan fingerprint density at radius 1 is 1.02 bits per heavy atom. The van der Waals surface area contributed by atoms with Crippen LogP contribution in [0.1, 0.15) is 51.2 Å². The van der Waals surface area contributed by atoms with E-state index in [1.54, 1.807) is 13.3 Å². The number of carboxylic acid groups (broad SMARTS) is 1. The van der Waals surface area contributed by atoms with Gasteiger partial charge in [0.1, 0.15) is 6.04 Å². The van der Waals surface area contributed by atoms with E-state index in [-0.39, 0.29) is 18.4 Å². The first kappa shape index (κ1) is 28.6. The summed E-state index contributed by atoms with van der Waals surface area (Å²) < 4.78 is 5.48. The maximum Gasteiger partial charge on any atom is 0.326 e. The van der Waals surface area contributed by atoms with E-state index in [2.05, 4.69) is 26.3 Å². The van der Waals surface area contributed by atoms with Crippen LogP contribution in [0, 0.1) is 5.92 Å². The van der Waals surface area contributed by atoms with Gasteiger partial charge in [-0.15, -0.1) is 5.11 Å². The minimum atomic E-state index is -0.991. The number of pyridine rings is 1. The van der Waals surface area contributed by atoms with E-state index >= 15 is 0 Å². The molecule has 2 heterocycles. The van der Waals surface area contributed by atoms with Crippen molar-refractivity contribution in [2.24, 2.45) is 21.1 Å². The maximum absolute atomic E-state index is 13.1. The zero-order valence-electron chi connectivity index (χ0n) is 23.4. The van der Waals surface area contributed by atoms with Crippen molar-refractivity contribution in [1.82, 2.24) is 9.88 Å². The number of azo groups is 1. The fraction of sp³-hybridized carbons (Fsp3) is 0.355. The van der Waals surface area contributed by atoms with E-state index in [0.717, 1.165) is 46.2 Å². The van der Waals surface area contributed by atoms with Gasteiger partial charge >= 0.3 is 5.97 Å². The molecule has 4 rings (SSSR count). The highest BCUT2D eigenvalue weighted by atomic mass is 16.5. The summed E-state index contributed by atoms with van der Waals surface area (Å²) in [5, 5.41) is 18.2. The highest BCUT2D eigenvalue weighted by molar-refractivity contribution is 6.06. The summed E-state index contributed by atoms with van der Waals surface area (Å²) in [6, 6.07) is 16.8. The number of aliphatic imine (C=N–C) groups is 1. The molecule has 0 spiro atoms. The number of carbonyl (C=O) groups is 2. The number of hydrogen-bond donors (Lipinski definition) is 1. The van der Waals surface area contributed by atoms with Crippen LogP contribution < -0.4 is 4.74 Å². The molecule has 0 saturated carbocycles. The molecule has 0 saturated heterocycles. The molecule has 208 valence electrons. The van der Waals surface area contributed by atoms with E-state index in [0.29, 0.717) is 24.8 Å². The Bertz CT molecular complexity index is 1420. The van der Waals surface area contributed by atoms with Crippen LogP contribution in [-0.4, -0.2) is 52.5 Å². The van der Waals surface area contributed by atoms with Crippen molar-refractivity contribution in [1.29, 1.82) is 0 Å². The summed E-state index contributed by atoms with van der Waals surface area (Å²) in [6.45, 7) is 6.19. The fourth-order valence-corrected chi connectivity index (χ4v) is 4.86. The number of carboxylic acids is 1. The third-order valence-corrected chi connectivity index (χ3v) is 6.89. The zero-order valence-corrected chi connectivity index (χ0v) is 23.4. The van der Waals surface area contributed by atoms with Gasteiger partial charge in [0.25, 0.3) is 0 Å². The molecule has 1 N–H and O–H groups in total. The molecule has 1 aliphatic heterocycles. The van der Waals surface area contributed by atoms with Crippen LogP contribution in [0.2, 0.25) is 0 Å². The van der Waals surface area contributed by atoms with Gasteiger partial charge in [-0.1, -0.05) is 57.5 Å². The van der Waals surface area contributed by atoms with Crippen LogP contribution in [0.25, 0.3) is 22.3 Å². The summed E-state index contributed by atoms with van der Waals surface area (Å²) in [7, 11) is 1.60. The van der Waals surface area contributed by atoms with Crippen molar-refractivity contribution < 1.29 is 19.4 Å². The predicted octanol–water partition coefficient (Wildman–Crippen LogP) is 6.22. The number of benzene rings is 2. The number of methoxy groups -OCH3 is 1. The van der Waals surface area contributed by atoms with Gasteiger partial charge in [0, 0.05) is 30.3 Å². The zero-order chi connectivity index (χ0) is 28.6. The molecule has 3 aromatic rings. The van der Waals surface area contributed by atoms with Crippen LogP contribution in [0.5, 0.6) is 5.88 Å². The number of amides is 1. The number of amidine groups is 1. The molecule has 2 aromatic carbocycles. The van der Waals surface area contributed by atoms with Crippen LogP contribution in [-0.2, 0) is 16.1 Å². The molecule has 0 bridgehead atoms. The van der Waals surface area contributed by atoms with E-state index in [1.807, 2.05) is 69.3 Å². The van der Waals surface area contributed by atoms with E-state index in [1.165, 1.54) is 4.90 Å². The smallest absolute Gasteiger partial charge is 0.326 e. The number of aliphatic carboxylic acids is 1. The van der Waals surface area contributed by atoms with Gasteiger partial charge in [-0.2, -0.15) is 5.11 Å². The molecule has 1 aromatic heterocycles. The second-order valence-corrected chi connectivity index (χ2v) is 10.0. The number of carbonyl (C=O) groups excluding carboxylic acids is 1. The molecule has 0 fully saturated rings. The SMILES string of the molecule is CCCCC(=O)N(Cc1ccc(-c2cc(-c3cccnc3OC)ccc2C2=NCN=N2)cc1)[C@H](C(=O)O)C(C)C. The third kappa shape index (κ3) is 6.42. The summed E-state index contributed by atoms with van der Waals surface area (Å²) in [5.41, 5.74) is 5.33. The van der Waals surface area contributed by atoms with Gasteiger partial charge in [-0.3, -0.25) is 4.79 Å². The highest BCUT2D eigenvalue weighted by Crippen LogP contribution is 2.34. The first-order chi connectivity index (χ1) is 19.3. The van der Waals surface area contributed by atoms with Gasteiger partial charge in [-0.05, 0) is 58.9 Å². The Morgan fingerprint density at radius 2 is 1.77 bits per heavy atom. The van der Waals surface area contributed by atoms with Gasteiger partial charge < -0.3 is 14.7 Å². The van der Waals surface area contributed by atoms with Crippen LogP contribution in [0.4, 0.5) is 0 Å². The molecule has 9 nitrogen and oxygen atoms in total. The normalized spacial score (nSPS) is 13.3. The lowest BCUT2D eigenvalue weighted by molar-refractivity contribution is -0.153. The summed E-state index contributed by atoms with van der Waals surface area (Å²) in [5.74, 6) is -0.260. The maximum atomic E-state index is 13.1. The van der Waals surface area contributed by atoms with Crippen molar-refractivity contribution >= 4 is 17.7 Å². The number of rotatable bonds is 12. The quantitative estimate of drug-likeness (QED) is 0.292.